The van der Waals surface area contributed by atoms with Crippen LogP contribution in [0.5, 0.6) is 0 Å². The summed E-state index contributed by atoms with van der Waals surface area (Å²) in [6.07, 6.45) is 0.882. The second-order valence-corrected chi connectivity index (χ2v) is 7.55. The number of aromatic nitrogens is 1. The van der Waals surface area contributed by atoms with Gasteiger partial charge in [0.05, 0.1) is 24.7 Å². The average molecular weight is 349 g/mol. The van der Waals surface area contributed by atoms with Crippen molar-refractivity contribution >= 4 is 5.91 Å². The molecule has 1 aromatic heterocycles. The molecule has 0 bridgehead atoms. The molecule has 3 heterocycles. The molecule has 1 aromatic rings. The minimum atomic E-state index is -0.0401. The first kappa shape index (κ1) is 18.4. The maximum absolute atomic E-state index is 13.2. The first-order valence-corrected chi connectivity index (χ1v) is 9.29. The number of amides is 1. The normalized spacial score (nSPS) is 27.6. The van der Waals surface area contributed by atoms with Gasteiger partial charge < -0.3 is 24.3 Å². The van der Waals surface area contributed by atoms with Crippen molar-refractivity contribution < 1.29 is 14.3 Å². The summed E-state index contributed by atoms with van der Waals surface area (Å²) in [5.41, 5.74) is 3.44. The molecular formula is C19H31N3O3. The molecule has 6 nitrogen and oxygen atoms in total. The summed E-state index contributed by atoms with van der Waals surface area (Å²) in [4.78, 5) is 20.8. The van der Waals surface area contributed by atoms with Gasteiger partial charge in [0.1, 0.15) is 0 Å². The number of nitrogens with one attached hydrogen (secondary N) is 1. The summed E-state index contributed by atoms with van der Waals surface area (Å²) in [5.74, 6) is 0.154. The van der Waals surface area contributed by atoms with Crippen molar-refractivity contribution in [2.45, 2.75) is 45.9 Å². The molecule has 25 heavy (non-hydrogen) atoms. The largest absolute Gasteiger partial charge is 0.378 e. The number of rotatable bonds is 5. The number of carbonyl (C=O) groups excluding carboxylic acids is 1. The molecule has 2 fully saturated rings. The Morgan fingerprint density at radius 2 is 2.16 bits per heavy atom. The average Bonchev–Trinajstić information content (AvgIpc) is 3.11. The molecule has 1 amide bonds. The highest BCUT2D eigenvalue weighted by Gasteiger charge is 2.35. The zero-order chi connectivity index (χ0) is 18.0. The van der Waals surface area contributed by atoms with E-state index in [1.807, 2.05) is 11.8 Å². The van der Waals surface area contributed by atoms with Crippen molar-refractivity contribution in [2.75, 3.05) is 39.9 Å². The van der Waals surface area contributed by atoms with E-state index >= 15 is 0 Å². The van der Waals surface area contributed by atoms with E-state index < -0.39 is 0 Å². The van der Waals surface area contributed by atoms with Gasteiger partial charge in [-0.2, -0.15) is 0 Å². The Bertz CT molecular complexity index is 601. The van der Waals surface area contributed by atoms with E-state index in [0.717, 1.165) is 37.5 Å². The van der Waals surface area contributed by atoms with Gasteiger partial charge in [-0.05, 0) is 45.9 Å². The monoisotopic (exact) mass is 349 g/mol. The fraction of sp³-hybridized carbons (Fsp3) is 0.737. The topological polar surface area (TPSA) is 57.8 Å². The van der Waals surface area contributed by atoms with E-state index in [-0.39, 0.29) is 24.0 Å². The number of morpholine rings is 1. The maximum atomic E-state index is 13.2. The highest BCUT2D eigenvalue weighted by molar-refractivity contribution is 5.79. The van der Waals surface area contributed by atoms with E-state index in [4.69, 9.17) is 9.47 Å². The molecule has 0 spiro atoms. The minimum Gasteiger partial charge on any atom is -0.378 e. The Morgan fingerprint density at radius 3 is 2.76 bits per heavy atom. The third-order valence-corrected chi connectivity index (χ3v) is 5.39. The lowest BCUT2D eigenvalue weighted by molar-refractivity contribution is -0.141. The van der Waals surface area contributed by atoms with Crippen LogP contribution in [0.2, 0.25) is 0 Å². The van der Waals surface area contributed by atoms with Crippen molar-refractivity contribution in [3.63, 3.8) is 0 Å². The molecule has 2 saturated heterocycles. The van der Waals surface area contributed by atoms with E-state index in [1.54, 1.807) is 0 Å². The van der Waals surface area contributed by atoms with Crippen molar-refractivity contribution in [2.24, 2.45) is 5.92 Å². The minimum absolute atomic E-state index is 0.000921. The van der Waals surface area contributed by atoms with Gasteiger partial charge >= 0.3 is 0 Å². The van der Waals surface area contributed by atoms with Crippen molar-refractivity contribution in [1.82, 2.24) is 14.8 Å². The van der Waals surface area contributed by atoms with E-state index in [2.05, 4.69) is 36.8 Å². The fourth-order valence-corrected chi connectivity index (χ4v) is 3.90. The Labute approximate surface area is 150 Å². The molecule has 3 atom stereocenters. The van der Waals surface area contributed by atoms with Crippen LogP contribution in [-0.4, -0.2) is 72.8 Å². The van der Waals surface area contributed by atoms with Crippen LogP contribution in [0, 0.1) is 19.8 Å². The summed E-state index contributed by atoms with van der Waals surface area (Å²) in [5, 5.41) is 0. The predicted octanol–water partition coefficient (Wildman–Crippen LogP) is 1.72. The number of aromatic amines is 1. The Hall–Kier alpha value is -1.37. The highest BCUT2D eigenvalue weighted by Crippen LogP contribution is 2.25. The van der Waals surface area contributed by atoms with Crippen LogP contribution in [0.3, 0.4) is 0 Å². The lowest BCUT2D eigenvalue weighted by atomic mass is 10.00. The quantitative estimate of drug-likeness (QED) is 0.879. The highest BCUT2D eigenvalue weighted by atomic mass is 16.5. The van der Waals surface area contributed by atoms with Crippen molar-refractivity contribution in [3.05, 3.63) is 23.0 Å². The molecule has 1 N–H and O–H groups in total. The van der Waals surface area contributed by atoms with E-state index in [9.17, 15) is 4.79 Å². The molecule has 0 aromatic carbocycles. The molecule has 6 heteroatoms. The molecule has 0 aliphatic carbocycles. The molecular weight excluding hydrogens is 318 g/mol. The molecule has 3 unspecified atom stereocenters. The van der Waals surface area contributed by atoms with Gasteiger partial charge in [0.2, 0.25) is 5.91 Å². The predicted molar refractivity (Wildman–Crippen MR) is 96.4 cm³/mol. The van der Waals surface area contributed by atoms with Gasteiger partial charge in [-0.15, -0.1) is 0 Å². The fourth-order valence-electron chi connectivity index (χ4n) is 3.90. The van der Waals surface area contributed by atoms with Gasteiger partial charge in [-0.1, -0.05) is 0 Å². The summed E-state index contributed by atoms with van der Waals surface area (Å²) >= 11 is 0. The molecule has 2 aliphatic heterocycles. The number of nitrogens with zero attached hydrogens (tertiary/aromatic N) is 2. The van der Waals surface area contributed by atoms with Crippen LogP contribution in [-0.2, 0) is 20.8 Å². The van der Waals surface area contributed by atoms with E-state index in [1.165, 1.54) is 5.56 Å². The number of hydrogen-bond acceptors (Lipinski definition) is 4. The van der Waals surface area contributed by atoms with Crippen LogP contribution < -0.4 is 0 Å². The number of ether oxygens (including phenoxy) is 2. The van der Waals surface area contributed by atoms with Crippen molar-refractivity contribution in [3.8, 4) is 0 Å². The van der Waals surface area contributed by atoms with Gasteiger partial charge in [0, 0.05) is 44.2 Å². The third kappa shape index (κ3) is 4.43. The van der Waals surface area contributed by atoms with Crippen molar-refractivity contribution in [1.29, 1.82) is 0 Å². The first-order valence-electron chi connectivity index (χ1n) is 9.29. The third-order valence-electron chi connectivity index (χ3n) is 5.39. The Balaban J connectivity index is 1.75. The van der Waals surface area contributed by atoms with Gasteiger partial charge in [-0.3, -0.25) is 4.79 Å². The second-order valence-electron chi connectivity index (χ2n) is 7.55. The van der Waals surface area contributed by atoms with Crippen LogP contribution in [0.15, 0.2) is 6.07 Å². The zero-order valence-electron chi connectivity index (χ0n) is 15.9. The standard InChI is InChI=1S/C19H31N3O3/c1-13-9-16(14(2)20-13)10-22(12-17-11-21(4)6-8-25-17)19(23)18-5-7-24-15(18)3/h9,15,17-18,20H,5-8,10-12H2,1-4H3. The Kier molecular flexibility index (Phi) is 5.81. The second kappa shape index (κ2) is 7.89. The molecule has 0 radical (unpaired) electrons. The Morgan fingerprint density at radius 1 is 1.36 bits per heavy atom. The number of carbonyl (C=O) groups is 1. The number of likely N-dealkylation sites (N-methyl/N-ethyl adjacent to an activating group) is 1. The molecule has 0 saturated carbocycles. The van der Waals surface area contributed by atoms with E-state index in [0.29, 0.717) is 19.7 Å². The van der Waals surface area contributed by atoms with Gasteiger partial charge in [-0.25, -0.2) is 0 Å². The summed E-state index contributed by atoms with van der Waals surface area (Å²) < 4.78 is 11.5. The zero-order valence-corrected chi connectivity index (χ0v) is 15.9. The summed E-state index contributed by atoms with van der Waals surface area (Å²) in [6, 6.07) is 2.14. The van der Waals surface area contributed by atoms with Crippen LogP contribution in [0.25, 0.3) is 0 Å². The molecule has 140 valence electrons. The molecule has 2 aliphatic rings. The number of H-pyrrole nitrogens is 1. The summed E-state index contributed by atoms with van der Waals surface area (Å²) in [6.45, 7) is 10.6. The van der Waals surface area contributed by atoms with Gasteiger partial charge in [0.25, 0.3) is 0 Å². The van der Waals surface area contributed by atoms with Crippen LogP contribution >= 0.6 is 0 Å². The lowest BCUT2D eigenvalue weighted by Crippen LogP contribution is -2.49. The summed E-state index contributed by atoms with van der Waals surface area (Å²) in [7, 11) is 2.11. The number of hydrogen-bond donors (Lipinski definition) is 1. The first-order chi connectivity index (χ1) is 11.9. The SMILES string of the molecule is Cc1cc(CN(CC2CN(C)CCO2)C(=O)C2CCOC2C)c(C)[nH]1. The van der Waals surface area contributed by atoms with Crippen LogP contribution in [0.4, 0.5) is 0 Å². The van der Waals surface area contributed by atoms with Gasteiger partial charge in [0.15, 0.2) is 0 Å². The lowest BCUT2D eigenvalue weighted by Gasteiger charge is -2.35. The number of aryl methyl sites for hydroxylation is 2. The smallest absolute Gasteiger partial charge is 0.228 e. The molecule has 3 rings (SSSR count). The van der Waals surface area contributed by atoms with Crippen LogP contribution in [0.1, 0.15) is 30.3 Å². The maximum Gasteiger partial charge on any atom is 0.228 e.